The number of carbonyl (C=O) groups excluding carboxylic acids is 2. The summed E-state index contributed by atoms with van der Waals surface area (Å²) in [7, 11) is 8.96. The van der Waals surface area contributed by atoms with Crippen molar-refractivity contribution >= 4 is 92.0 Å². The lowest BCUT2D eigenvalue weighted by molar-refractivity contribution is -0.146. The van der Waals surface area contributed by atoms with Crippen molar-refractivity contribution in [3.8, 4) is 45.3 Å². The first kappa shape index (κ1) is 48.4. The van der Waals surface area contributed by atoms with E-state index in [2.05, 4.69) is 37.5 Å². The number of benzene rings is 4. The molecule has 0 saturated heterocycles. The molecule has 2 heterocycles. The lowest BCUT2D eigenvalue weighted by Gasteiger charge is -2.17. The first-order valence-corrected chi connectivity index (χ1v) is 22.4. The van der Waals surface area contributed by atoms with E-state index in [4.69, 9.17) is 80.6 Å². The van der Waals surface area contributed by atoms with E-state index >= 15 is 0 Å². The molecule has 6 atom stereocenters. The van der Waals surface area contributed by atoms with Crippen LogP contribution in [0.15, 0.2) is 60.9 Å². The predicted octanol–water partition coefficient (Wildman–Crippen LogP) is 9.93. The van der Waals surface area contributed by atoms with E-state index in [0.717, 1.165) is 39.4 Å². The molecule has 348 valence electrons. The zero-order valence-corrected chi connectivity index (χ0v) is 40.2. The van der Waals surface area contributed by atoms with E-state index in [1.54, 1.807) is 38.7 Å². The van der Waals surface area contributed by atoms with Gasteiger partial charge in [0.2, 0.25) is 11.9 Å². The zero-order valence-electron chi connectivity index (χ0n) is 37.2. The number of nitrogens with one attached hydrogen (secondary N) is 2. The predicted molar refractivity (Wildman–Crippen MR) is 258 cm³/mol. The number of methoxy groups -OCH3 is 6. The molecule has 19 heteroatoms. The Bertz CT molecular complexity index is 2540. The largest absolute Gasteiger partial charge is 0.495 e. The summed E-state index contributed by atoms with van der Waals surface area (Å²) in [6.07, 6.45) is 6.09. The Hall–Kier alpha value is -5.58. The number of rotatable bonds is 12. The van der Waals surface area contributed by atoms with Gasteiger partial charge in [0.15, 0.2) is 0 Å². The summed E-state index contributed by atoms with van der Waals surface area (Å²) in [6, 6.07) is 14.5. The molecule has 0 bridgehead atoms. The number of esters is 2. The number of ether oxygens (including phenoxy) is 6. The van der Waals surface area contributed by atoms with Crippen LogP contribution in [-0.4, -0.2) is 92.7 Å². The number of hydrogen-bond acceptors (Lipinski definition) is 15. The molecule has 0 amide bonds. The van der Waals surface area contributed by atoms with Gasteiger partial charge in [-0.2, -0.15) is 0 Å². The van der Waals surface area contributed by atoms with Crippen LogP contribution in [0.2, 0.25) is 20.1 Å². The van der Waals surface area contributed by atoms with Gasteiger partial charge in [-0.05, 0) is 67.0 Å². The van der Waals surface area contributed by atoms with E-state index < -0.39 is 0 Å². The second-order valence-corrected chi connectivity index (χ2v) is 17.5. The Morgan fingerprint density at radius 3 is 1.38 bits per heavy atom. The number of hydrogen-bond donors (Lipinski definition) is 3. The number of aromatic nitrogens is 4. The summed E-state index contributed by atoms with van der Waals surface area (Å²) in [4.78, 5) is 41.9. The van der Waals surface area contributed by atoms with Crippen molar-refractivity contribution < 1.29 is 38.0 Å². The second kappa shape index (κ2) is 20.9. The third-order valence-corrected chi connectivity index (χ3v) is 13.6. The summed E-state index contributed by atoms with van der Waals surface area (Å²) >= 11 is 26.2. The maximum Gasteiger partial charge on any atom is 0.308 e. The maximum atomic E-state index is 11.9. The lowest BCUT2D eigenvalue weighted by atomic mass is 10.0. The third-order valence-electron chi connectivity index (χ3n) is 12.1. The van der Waals surface area contributed by atoms with Crippen molar-refractivity contribution in [1.82, 2.24) is 19.9 Å². The molecule has 2 aromatic heterocycles. The molecule has 66 heavy (non-hydrogen) atoms. The van der Waals surface area contributed by atoms with Gasteiger partial charge in [0.25, 0.3) is 0 Å². The van der Waals surface area contributed by atoms with Crippen LogP contribution in [0.3, 0.4) is 0 Å². The van der Waals surface area contributed by atoms with Gasteiger partial charge >= 0.3 is 11.9 Å². The van der Waals surface area contributed by atoms with Gasteiger partial charge in [-0.1, -0.05) is 65.5 Å². The molecule has 2 saturated carbocycles. The minimum absolute atomic E-state index is 0.0973. The Kier molecular flexibility index (Phi) is 15.3. The highest BCUT2D eigenvalue weighted by Gasteiger charge is 2.38. The van der Waals surface area contributed by atoms with Crippen LogP contribution >= 0.6 is 46.4 Å². The Morgan fingerprint density at radius 2 is 0.970 bits per heavy atom. The highest BCUT2D eigenvalue weighted by atomic mass is 35.5. The number of carbonyl (C=O) groups is 2. The lowest BCUT2D eigenvalue weighted by Crippen LogP contribution is -2.35. The SMILES string of the molecule is COC(=O)C1CC(C)C(Nc2ncc3cc(-c4c(Cl)c(OC)cc(OC)c4Cl)ccc3n2)C1.COC(=O)C1CC(N)C(Nc2ncc3cc(-c4c(Cl)c(OC)cc(OC)c4Cl)ccc3n2)C1. The molecular formula is C47H49Cl4N7O8. The highest BCUT2D eigenvalue weighted by molar-refractivity contribution is 6.42. The quantitative estimate of drug-likeness (QED) is 0.0981. The average molecular weight is 982 g/mol. The van der Waals surface area contributed by atoms with Crippen molar-refractivity contribution in [1.29, 1.82) is 0 Å². The van der Waals surface area contributed by atoms with Gasteiger partial charge < -0.3 is 44.8 Å². The fraction of sp³-hybridized carbons (Fsp3) is 0.362. The van der Waals surface area contributed by atoms with Crippen molar-refractivity contribution in [3.05, 3.63) is 81.0 Å². The van der Waals surface area contributed by atoms with E-state index in [1.165, 1.54) is 28.4 Å². The fourth-order valence-electron chi connectivity index (χ4n) is 8.53. The monoisotopic (exact) mass is 979 g/mol. The molecule has 2 fully saturated rings. The summed E-state index contributed by atoms with van der Waals surface area (Å²) < 4.78 is 31.2. The number of anilines is 2. The highest BCUT2D eigenvalue weighted by Crippen LogP contribution is 2.48. The number of halogens is 4. The van der Waals surface area contributed by atoms with Gasteiger partial charge in [0.05, 0.1) is 85.6 Å². The van der Waals surface area contributed by atoms with Crippen LogP contribution < -0.4 is 35.3 Å². The minimum atomic E-state index is -0.242. The molecule has 2 aliphatic carbocycles. The molecule has 6 aromatic rings. The zero-order chi connectivity index (χ0) is 47.4. The van der Waals surface area contributed by atoms with Gasteiger partial charge in [-0.3, -0.25) is 9.59 Å². The van der Waals surface area contributed by atoms with Crippen LogP contribution in [0, 0.1) is 17.8 Å². The molecule has 0 radical (unpaired) electrons. The van der Waals surface area contributed by atoms with Crippen LogP contribution in [0.25, 0.3) is 44.1 Å². The Balaban J connectivity index is 0.000000196. The smallest absolute Gasteiger partial charge is 0.308 e. The minimum Gasteiger partial charge on any atom is -0.495 e. The van der Waals surface area contributed by atoms with Crippen LogP contribution in [0.4, 0.5) is 11.9 Å². The first-order valence-electron chi connectivity index (χ1n) is 20.9. The van der Waals surface area contributed by atoms with Gasteiger partial charge in [-0.25, -0.2) is 19.9 Å². The summed E-state index contributed by atoms with van der Waals surface area (Å²) in [5.74, 6) is 2.42. The maximum absolute atomic E-state index is 11.9. The van der Waals surface area contributed by atoms with Crippen molar-refractivity contribution in [2.24, 2.45) is 23.5 Å². The Labute approximate surface area is 401 Å². The molecule has 0 spiro atoms. The summed E-state index contributed by atoms with van der Waals surface area (Å²) in [6.45, 7) is 2.11. The molecule has 2 aliphatic rings. The first-order chi connectivity index (χ1) is 31.7. The average Bonchev–Trinajstić information content (AvgIpc) is 3.88. The van der Waals surface area contributed by atoms with Crippen molar-refractivity contribution in [2.45, 2.75) is 50.7 Å². The number of nitrogens with zero attached hydrogens (tertiary/aromatic N) is 4. The van der Waals surface area contributed by atoms with Crippen molar-refractivity contribution in [3.63, 3.8) is 0 Å². The van der Waals surface area contributed by atoms with Gasteiger partial charge in [0, 0.05) is 64.6 Å². The summed E-state index contributed by atoms with van der Waals surface area (Å²) in [5.41, 5.74) is 10.5. The van der Waals surface area contributed by atoms with E-state index in [1.807, 2.05) is 36.4 Å². The van der Waals surface area contributed by atoms with E-state index in [0.29, 0.717) is 91.3 Å². The molecule has 4 N–H and O–H groups in total. The van der Waals surface area contributed by atoms with E-state index in [9.17, 15) is 9.59 Å². The van der Waals surface area contributed by atoms with Crippen molar-refractivity contribution in [2.75, 3.05) is 53.3 Å². The molecule has 8 rings (SSSR count). The molecule has 6 unspecified atom stereocenters. The topological polar surface area (TPSA) is 191 Å². The van der Waals surface area contributed by atoms with Crippen LogP contribution in [0.1, 0.15) is 32.6 Å². The standard InChI is InChI=1S/C24H25Cl2N3O4.C23H24Cl2N4O4/c1-12-7-14(23(30)33-4)9-17(12)29-24-27-11-15-8-13(5-6-16(15)28-24)20-21(25)18(31-2)10-19(32-3)22(20)26;1-31-17-9-18(32-2)21(25)19(20(17)24)11-4-5-15-13(6-11)10-27-23(28-15)29-16-8-12(7-14(16)26)22(30)33-3/h5-6,8,10-12,14,17H,7,9H2,1-4H3,(H,27,28,29);4-6,9-10,12,14,16H,7-8,26H2,1-3H3,(H,27,28,29). The fourth-order valence-corrected chi connectivity index (χ4v) is 9.97. The van der Waals surface area contributed by atoms with Gasteiger partial charge in [-0.15, -0.1) is 0 Å². The van der Waals surface area contributed by atoms with Crippen LogP contribution in [-0.2, 0) is 19.1 Å². The van der Waals surface area contributed by atoms with Gasteiger partial charge in [0.1, 0.15) is 23.0 Å². The molecular weight excluding hydrogens is 932 g/mol. The van der Waals surface area contributed by atoms with Crippen LogP contribution in [0.5, 0.6) is 23.0 Å². The molecule has 4 aromatic carbocycles. The second-order valence-electron chi connectivity index (χ2n) is 16.0. The summed E-state index contributed by atoms with van der Waals surface area (Å²) in [5, 5.41) is 9.84. The molecule has 0 aliphatic heterocycles. The Morgan fingerprint density at radius 1 is 0.576 bits per heavy atom. The number of nitrogens with two attached hydrogens (primary N) is 1. The molecule has 15 nitrogen and oxygen atoms in total. The van der Waals surface area contributed by atoms with E-state index in [-0.39, 0.29) is 41.9 Å². The number of fused-ring (bicyclic) bond motifs is 2. The third kappa shape index (κ3) is 10.1. The normalized spacial score (nSPS) is 20.0.